The van der Waals surface area contributed by atoms with Crippen LogP contribution in [0.2, 0.25) is 0 Å². The first kappa shape index (κ1) is 24.3. The summed E-state index contributed by atoms with van der Waals surface area (Å²) < 4.78 is 18.6. The van der Waals surface area contributed by atoms with Crippen molar-refractivity contribution in [1.82, 2.24) is 19.9 Å². The zero-order valence-corrected chi connectivity index (χ0v) is 20.3. The van der Waals surface area contributed by atoms with Gasteiger partial charge < -0.3 is 14.5 Å². The minimum Gasteiger partial charge on any atom is -0.467 e. The highest BCUT2D eigenvalue weighted by Crippen LogP contribution is 2.36. The first-order chi connectivity index (χ1) is 16.9. The number of allylic oxidation sites excluding steroid dienone is 1. The van der Waals surface area contributed by atoms with E-state index in [1.54, 1.807) is 12.3 Å². The van der Waals surface area contributed by atoms with E-state index in [2.05, 4.69) is 23.1 Å². The number of anilines is 1. The Labute approximate surface area is 208 Å². The summed E-state index contributed by atoms with van der Waals surface area (Å²) in [6.07, 6.45) is 5.37. The van der Waals surface area contributed by atoms with Crippen LogP contribution in [-0.2, 0) is 4.79 Å². The summed E-state index contributed by atoms with van der Waals surface area (Å²) in [5.41, 5.74) is 4.71. The van der Waals surface area contributed by atoms with Crippen molar-refractivity contribution in [1.29, 1.82) is 0 Å². The fourth-order valence-electron chi connectivity index (χ4n) is 4.13. The SMILES string of the molecule is C=Cc1cccc(-c2cnc3c(N4CCN(C(=O)C(=C)F)CC4)nc(OC)nc3c2)c1/C(Cl)=C\C. The summed E-state index contributed by atoms with van der Waals surface area (Å²) in [4.78, 5) is 29.1. The third kappa shape index (κ3) is 4.74. The number of halogens is 2. The van der Waals surface area contributed by atoms with Crippen LogP contribution in [0.5, 0.6) is 6.01 Å². The first-order valence-electron chi connectivity index (χ1n) is 11.1. The van der Waals surface area contributed by atoms with Gasteiger partial charge in [0.15, 0.2) is 11.6 Å². The van der Waals surface area contributed by atoms with E-state index in [9.17, 15) is 9.18 Å². The Morgan fingerprint density at radius 1 is 1.23 bits per heavy atom. The maximum absolute atomic E-state index is 13.3. The van der Waals surface area contributed by atoms with Gasteiger partial charge in [0, 0.05) is 48.5 Å². The lowest BCUT2D eigenvalue weighted by Crippen LogP contribution is -2.49. The standard InChI is InChI=1S/C26H25ClFN5O2/c1-5-17-8-7-9-19(22(17)20(27)6-2)18-14-21-23(29-15-18)24(31-26(30-21)35-4)32-10-12-33(13-11-32)25(34)16(3)28/h5-9,14-15H,1,3,10-13H2,2,4H3/b20-6+. The van der Waals surface area contributed by atoms with Gasteiger partial charge in [0.2, 0.25) is 0 Å². The van der Waals surface area contributed by atoms with Crippen LogP contribution in [0.4, 0.5) is 10.2 Å². The minimum absolute atomic E-state index is 0.202. The molecule has 2 aromatic heterocycles. The van der Waals surface area contributed by atoms with E-state index < -0.39 is 11.7 Å². The Morgan fingerprint density at radius 2 is 1.97 bits per heavy atom. The summed E-state index contributed by atoms with van der Waals surface area (Å²) in [6, 6.07) is 8.00. The molecule has 0 radical (unpaired) electrons. The van der Waals surface area contributed by atoms with Crippen LogP contribution >= 0.6 is 11.6 Å². The van der Waals surface area contributed by atoms with Crippen LogP contribution in [0.15, 0.2) is 55.5 Å². The lowest BCUT2D eigenvalue weighted by Gasteiger charge is -2.35. The summed E-state index contributed by atoms with van der Waals surface area (Å²) in [5, 5.41) is 0.611. The molecule has 3 heterocycles. The van der Waals surface area contributed by atoms with E-state index in [4.69, 9.17) is 21.3 Å². The summed E-state index contributed by atoms with van der Waals surface area (Å²) in [6.45, 7) is 10.5. The van der Waals surface area contributed by atoms with Gasteiger partial charge in [-0.2, -0.15) is 9.97 Å². The molecule has 0 saturated carbocycles. The molecular weight excluding hydrogens is 469 g/mol. The average molecular weight is 494 g/mol. The second-order valence-electron chi connectivity index (χ2n) is 7.92. The fourth-order valence-corrected chi connectivity index (χ4v) is 4.34. The molecule has 0 spiro atoms. The third-order valence-electron chi connectivity index (χ3n) is 5.90. The molecule has 35 heavy (non-hydrogen) atoms. The number of hydrogen-bond acceptors (Lipinski definition) is 6. The Balaban J connectivity index is 1.77. The maximum atomic E-state index is 13.3. The topological polar surface area (TPSA) is 71.5 Å². The van der Waals surface area contributed by atoms with Gasteiger partial charge in [-0.1, -0.05) is 55.1 Å². The Hall–Kier alpha value is -3.78. The normalized spacial score (nSPS) is 14.2. The van der Waals surface area contributed by atoms with Crippen LogP contribution in [0.25, 0.3) is 33.3 Å². The monoisotopic (exact) mass is 493 g/mol. The number of aromatic nitrogens is 3. The van der Waals surface area contributed by atoms with Crippen LogP contribution in [0.1, 0.15) is 18.1 Å². The number of pyridine rings is 1. The van der Waals surface area contributed by atoms with E-state index in [0.717, 1.165) is 22.3 Å². The predicted octanol–water partition coefficient (Wildman–Crippen LogP) is 5.07. The summed E-state index contributed by atoms with van der Waals surface area (Å²) in [5.74, 6) is -1.05. The second-order valence-corrected chi connectivity index (χ2v) is 8.33. The quantitative estimate of drug-likeness (QED) is 0.446. The number of nitrogens with zero attached hydrogens (tertiary/aromatic N) is 5. The maximum Gasteiger partial charge on any atom is 0.318 e. The molecule has 7 nitrogen and oxygen atoms in total. The molecular formula is C26H25ClFN5O2. The Morgan fingerprint density at radius 3 is 2.60 bits per heavy atom. The van der Waals surface area contributed by atoms with E-state index in [1.165, 1.54) is 12.0 Å². The zero-order chi connectivity index (χ0) is 25.1. The fraction of sp³-hybridized carbons (Fsp3) is 0.231. The van der Waals surface area contributed by atoms with E-state index in [-0.39, 0.29) is 6.01 Å². The Kier molecular flexibility index (Phi) is 7.12. The van der Waals surface area contributed by atoms with Crippen molar-refractivity contribution >= 4 is 45.5 Å². The molecule has 4 rings (SSSR count). The molecule has 0 bridgehead atoms. The number of benzene rings is 1. The Bertz CT molecular complexity index is 1350. The van der Waals surface area contributed by atoms with Crippen molar-refractivity contribution in [3.05, 3.63) is 66.6 Å². The molecule has 3 aromatic rings. The lowest BCUT2D eigenvalue weighted by atomic mass is 9.95. The van der Waals surface area contributed by atoms with Gasteiger partial charge in [-0.25, -0.2) is 4.39 Å². The molecule has 1 amide bonds. The second kappa shape index (κ2) is 10.2. The number of methoxy groups -OCH3 is 1. The van der Waals surface area contributed by atoms with Crippen LogP contribution in [-0.4, -0.2) is 59.0 Å². The third-order valence-corrected chi connectivity index (χ3v) is 6.31. The number of carbonyl (C=O) groups is 1. The summed E-state index contributed by atoms with van der Waals surface area (Å²) in [7, 11) is 1.50. The van der Waals surface area contributed by atoms with Crippen LogP contribution in [0, 0.1) is 0 Å². The largest absolute Gasteiger partial charge is 0.467 e. The number of rotatable bonds is 6. The highest BCUT2D eigenvalue weighted by atomic mass is 35.5. The number of carbonyl (C=O) groups excluding carboxylic acids is 1. The number of ether oxygens (including phenoxy) is 1. The van der Waals surface area contributed by atoms with Crippen LogP contribution in [0.3, 0.4) is 0 Å². The molecule has 0 aliphatic carbocycles. The highest BCUT2D eigenvalue weighted by molar-refractivity contribution is 6.49. The first-order valence-corrected chi connectivity index (χ1v) is 11.4. The molecule has 0 atom stereocenters. The van der Waals surface area contributed by atoms with Crippen molar-refractivity contribution in [2.24, 2.45) is 0 Å². The number of hydrogen-bond donors (Lipinski definition) is 0. The molecule has 9 heteroatoms. The predicted molar refractivity (Wildman–Crippen MR) is 138 cm³/mol. The van der Waals surface area contributed by atoms with Gasteiger partial charge in [-0.05, 0) is 24.1 Å². The van der Waals surface area contributed by atoms with Gasteiger partial charge in [0.25, 0.3) is 5.91 Å². The average Bonchev–Trinajstić information content (AvgIpc) is 2.90. The van der Waals surface area contributed by atoms with Gasteiger partial charge in [-0.15, -0.1) is 0 Å². The molecule has 1 aliphatic heterocycles. The molecule has 0 N–H and O–H groups in total. The molecule has 1 fully saturated rings. The molecule has 0 unspecified atom stereocenters. The van der Waals surface area contributed by atoms with Crippen molar-refractivity contribution in [2.75, 3.05) is 38.2 Å². The molecule has 180 valence electrons. The van der Waals surface area contributed by atoms with Crippen molar-refractivity contribution in [2.45, 2.75) is 6.92 Å². The molecule has 1 aromatic carbocycles. The van der Waals surface area contributed by atoms with Crippen LogP contribution < -0.4 is 9.64 Å². The molecule has 1 saturated heterocycles. The highest BCUT2D eigenvalue weighted by Gasteiger charge is 2.26. The zero-order valence-electron chi connectivity index (χ0n) is 19.6. The number of piperazine rings is 1. The number of amides is 1. The van der Waals surface area contributed by atoms with Gasteiger partial charge in [0.05, 0.1) is 12.6 Å². The summed E-state index contributed by atoms with van der Waals surface area (Å²) >= 11 is 6.56. The molecule has 1 aliphatic rings. The number of fused-ring (bicyclic) bond motifs is 1. The van der Waals surface area contributed by atoms with Crippen molar-refractivity contribution in [3.63, 3.8) is 0 Å². The minimum atomic E-state index is -0.959. The van der Waals surface area contributed by atoms with Crippen molar-refractivity contribution in [3.8, 4) is 17.1 Å². The van der Waals surface area contributed by atoms with Gasteiger partial charge in [-0.3, -0.25) is 9.78 Å². The smallest absolute Gasteiger partial charge is 0.318 e. The van der Waals surface area contributed by atoms with E-state index in [1.807, 2.05) is 42.2 Å². The lowest BCUT2D eigenvalue weighted by molar-refractivity contribution is -0.128. The van der Waals surface area contributed by atoms with Gasteiger partial charge >= 0.3 is 6.01 Å². The van der Waals surface area contributed by atoms with Crippen molar-refractivity contribution < 1.29 is 13.9 Å². The van der Waals surface area contributed by atoms with E-state index >= 15 is 0 Å². The van der Waals surface area contributed by atoms with Gasteiger partial charge in [0.1, 0.15) is 5.52 Å². The van der Waals surface area contributed by atoms with E-state index in [0.29, 0.717) is 48.1 Å².